The molecule has 1 aromatic heterocycles. The van der Waals surface area contributed by atoms with Crippen LogP contribution in [0.3, 0.4) is 0 Å². The van der Waals surface area contributed by atoms with Crippen LogP contribution in [-0.4, -0.2) is 21.7 Å². The Balaban J connectivity index is 0.00000304. The molecule has 2 fully saturated rings. The van der Waals surface area contributed by atoms with Gasteiger partial charge in [-0.25, -0.2) is 4.39 Å². The molecule has 0 radical (unpaired) electrons. The van der Waals surface area contributed by atoms with Crippen LogP contribution in [0.25, 0.3) is 11.1 Å². The molecule has 36 heavy (non-hydrogen) atoms. The predicted octanol–water partition coefficient (Wildman–Crippen LogP) is 1.47. The number of amides is 1. The van der Waals surface area contributed by atoms with Gasteiger partial charge in [-0.1, -0.05) is 12.1 Å². The van der Waals surface area contributed by atoms with Gasteiger partial charge in [0.25, 0.3) is 0 Å². The SMILES string of the molecule is O=C([O-])c1cc(NC(=O)C2(c3ccc(C(F)(F)F)cc3F)CC2)ccc1-c1cnn(C2CCC2)c1.[Na+]. The zero-order chi connectivity index (χ0) is 25.0. The fraction of sp³-hybridized carbons (Fsp3) is 0.320. The summed E-state index contributed by atoms with van der Waals surface area (Å²) in [7, 11) is 0. The first-order valence-electron chi connectivity index (χ1n) is 11.2. The summed E-state index contributed by atoms with van der Waals surface area (Å²) in [5.74, 6) is -3.17. The van der Waals surface area contributed by atoms with Crippen LogP contribution in [0.1, 0.15) is 59.6 Å². The van der Waals surface area contributed by atoms with Crippen LogP contribution < -0.4 is 40.0 Å². The molecule has 0 aliphatic heterocycles. The molecule has 5 rings (SSSR count). The number of nitrogens with one attached hydrogen (secondary N) is 1. The Morgan fingerprint density at radius 2 is 1.83 bits per heavy atom. The maximum Gasteiger partial charge on any atom is 1.00 e. The molecule has 1 amide bonds. The number of aromatic carboxylic acids is 1. The van der Waals surface area contributed by atoms with Crippen molar-refractivity contribution in [1.29, 1.82) is 0 Å². The van der Waals surface area contributed by atoms with Gasteiger partial charge in [0, 0.05) is 28.6 Å². The molecule has 2 aliphatic carbocycles. The van der Waals surface area contributed by atoms with E-state index in [2.05, 4.69) is 10.4 Å². The molecule has 0 saturated heterocycles. The molecule has 2 aliphatic rings. The Morgan fingerprint density at radius 1 is 1.11 bits per heavy atom. The number of carbonyl (C=O) groups excluding carboxylic acids is 2. The number of benzene rings is 2. The zero-order valence-corrected chi connectivity index (χ0v) is 21.4. The number of anilines is 1. The number of hydrogen-bond acceptors (Lipinski definition) is 4. The molecular weight excluding hydrogens is 489 g/mol. The summed E-state index contributed by atoms with van der Waals surface area (Å²) in [4.78, 5) is 24.8. The van der Waals surface area contributed by atoms with E-state index in [0.29, 0.717) is 23.2 Å². The second-order valence-corrected chi connectivity index (χ2v) is 9.07. The van der Waals surface area contributed by atoms with Crippen LogP contribution in [0.15, 0.2) is 48.8 Å². The van der Waals surface area contributed by atoms with Gasteiger partial charge in [0.1, 0.15) is 5.82 Å². The van der Waals surface area contributed by atoms with Gasteiger partial charge in [-0.15, -0.1) is 0 Å². The van der Waals surface area contributed by atoms with Crippen molar-refractivity contribution in [1.82, 2.24) is 9.78 Å². The second kappa shape index (κ2) is 9.64. The fourth-order valence-electron chi connectivity index (χ4n) is 4.44. The van der Waals surface area contributed by atoms with E-state index < -0.39 is 34.8 Å². The fourth-order valence-corrected chi connectivity index (χ4v) is 4.44. The summed E-state index contributed by atoms with van der Waals surface area (Å²) in [6.45, 7) is 0. The Kier molecular flexibility index (Phi) is 7.07. The zero-order valence-electron chi connectivity index (χ0n) is 19.4. The average Bonchev–Trinajstić information content (AvgIpc) is 3.43. The molecule has 2 saturated carbocycles. The van der Waals surface area contributed by atoms with E-state index in [1.807, 2.05) is 4.68 Å². The van der Waals surface area contributed by atoms with Crippen molar-refractivity contribution in [2.45, 2.75) is 49.7 Å². The number of aromatic nitrogens is 2. The number of carbonyl (C=O) groups is 2. The van der Waals surface area contributed by atoms with Crippen LogP contribution in [0.5, 0.6) is 0 Å². The van der Waals surface area contributed by atoms with Crippen molar-refractivity contribution < 1.29 is 61.8 Å². The van der Waals surface area contributed by atoms with Crippen LogP contribution in [0, 0.1) is 5.82 Å². The number of halogens is 4. The smallest absolute Gasteiger partial charge is 0.545 e. The van der Waals surface area contributed by atoms with E-state index in [1.165, 1.54) is 18.2 Å². The predicted molar refractivity (Wildman–Crippen MR) is 116 cm³/mol. The third-order valence-electron chi connectivity index (χ3n) is 6.86. The van der Waals surface area contributed by atoms with Crippen LogP contribution in [0.2, 0.25) is 0 Å². The van der Waals surface area contributed by atoms with Crippen LogP contribution >= 0.6 is 0 Å². The monoisotopic (exact) mass is 509 g/mol. The summed E-state index contributed by atoms with van der Waals surface area (Å²) in [5.41, 5.74) is -1.58. The van der Waals surface area contributed by atoms with Crippen molar-refractivity contribution in [2.24, 2.45) is 0 Å². The van der Waals surface area contributed by atoms with Gasteiger partial charge in [-0.2, -0.15) is 18.3 Å². The van der Waals surface area contributed by atoms with Crippen molar-refractivity contribution in [3.63, 3.8) is 0 Å². The van der Waals surface area contributed by atoms with Crippen molar-refractivity contribution in [3.05, 3.63) is 71.3 Å². The molecule has 0 bridgehead atoms. The number of alkyl halides is 3. The Hall–Kier alpha value is -2.69. The maximum atomic E-state index is 14.5. The number of hydrogen-bond donors (Lipinski definition) is 1. The van der Waals surface area contributed by atoms with Crippen molar-refractivity contribution in [2.75, 3.05) is 5.32 Å². The summed E-state index contributed by atoms with van der Waals surface area (Å²) >= 11 is 0. The van der Waals surface area contributed by atoms with Crippen molar-refractivity contribution in [3.8, 4) is 11.1 Å². The summed E-state index contributed by atoms with van der Waals surface area (Å²) in [6, 6.07) is 6.71. The minimum atomic E-state index is -4.70. The molecule has 0 spiro atoms. The van der Waals surface area contributed by atoms with Crippen LogP contribution in [-0.2, 0) is 16.4 Å². The molecule has 3 aromatic rings. The van der Waals surface area contributed by atoms with E-state index in [0.717, 1.165) is 31.4 Å². The van der Waals surface area contributed by atoms with E-state index in [4.69, 9.17) is 0 Å². The topological polar surface area (TPSA) is 87.0 Å². The third-order valence-corrected chi connectivity index (χ3v) is 6.86. The molecule has 182 valence electrons. The Morgan fingerprint density at radius 3 is 2.39 bits per heavy atom. The Bertz CT molecular complexity index is 1330. The summed E-state index contributed by atoms with van der Waals surface area (Å²) in [5, 5.41) is 18.7. The molecular formula is C25H20F4N3NaO3. The van der Waals surface area contributed by atoms with Crippen molar-refractivity contribution >= 4 is 17.6 Å². The van der Waals surface area contributed by atoms with E-state index in [-0.39, 0.29) is 59.2 Å². The first-order valence-corrected chi connectivity index (χ1v) is 11.2. The quantitative estimate of drug-likeness (QED) is 0.403. The van der Waals surface area contributed by atoms with Gasteiger partial charge in [0.15, 0.2) is 0 Å². The first kappa shape index (κ1) is 26.4. The number of rotatable bonds is 6. The molecule has 0 atom stereocenters. The van der Waals surface area contributed by atoms with E-state index >= 15 is 0 Å². The van der Waals surface area contributed by atoms with E-state index in [1.54, 1.807) is 12.4 Å². The van der Waals surface area contributed by atoms with Gasteiger partial charge >= 0.3 is 35.7 Å². The molecule has 11 heteroatoms. The molecule has 2 aromatic carbocycles. The maximum absolute atomic E-state index is 14.5. The van der Waals surface area contributed by atoms with E-state index in [9.17, 15) is 32.3 Å². The van der Waals surface area contributed by atoms with Gasteiger partial charge < -0.3 is 15.2 Å². The molecule has 6 nitrogen and oxygen atoms in total. The molecule has 1 heterocycles. The summed E-state index contributed by atoms with van der Waals surface area (Å²) in [6.07, 6.45) is 2.31. The normalized spacial score (nSPS) is 16.6. The minimum Gasteiger partial charge on any atom is -0.545 e. The Labute approximate surface area is 226 Å². The number of nitrogens with zero attached hydrogens (tertiary/aromatic N) is 2. The minimum absolute atomic E-state index is 0. The number of carboxylic acids is 1. The largest absolute Gasteiger partial charge is 1.00 e. The first-order chi connectivity index (χ1) is 16.6. The van der Waals surface area contributed by atoms with Gasteiger partial charge in [-0.3, -0.25) is 9.48 Å². The molecule has 1 N–H and O–H groups in total. The summed E-state index contributed by atoms with van der Waals surface area (Å²) < 4.78 is 55.0. The second-order valence-electron chi connectivity index (χ2n) is 9.07. The van der Waals surface area contributed by atoms with Gasteiger partial charge in [-0.05, 0) is 61.9 Å². The third kappa shape index (κ3) is 4.81. The van der Waals surface area contributed by atoms with Gasteiger partial charge in [0.05, 0.1) is 29.2 Å². The van der Waals surface area contributed by atoms with Crippen LogP contribution in [0.4, 0.5) is 23.2 Å². The average molecular weight is 509 g/mol. The van der Waals surface area contributed by atoms with Gasteiger partial charge in [0.2, 0.25) is 5.91 Å². The molecule has 0 unspecified atom stereocenters. The number of carboxylic acid groups (broad SMARTS) is 1. The standard InChI is InChI=1S/C25H21F4N3O3.Na/c26-21-10-15(25(27,28)29)4-7-20(21)24(8-9-24)23(35)31-16-5-6-18(19(11-16)22(33)34)14-12-30-32(13-14)17-2-1-3-17;/h4-7,10-13,17H,1-3,8-9H2,(H,31,35)(H,33,34);/q;+1/p-1.